The number of nitrogens with zero attached hydrogens (tertiary/aromatic N) is 2. The van der Waals surface area contributed by atoms with Crippen LogP contribution in [0.4, 0.5) is 5.69 Å². The van der Waals surface area contributed by atoms with Crippen LogP contribution in [-0.2, 0) is 36.9 Å². The summed E-state index contributed by atoms with van der Waals surface area (Å²) in [7, 11) is -2.54. The molecule has 3 aliphatic carbocycles. The van der Waals surface area contributed by atoms with Gasteiger partial charge in [-0.3, -0.25) is 4.79 Å². The molecule has 2 bridgehead atoms. The molecule has 0 saturated heterocycles. The second kappa shape index (κ2) is 12.1. The third kappa shape index (κ3) is 5.74. The molecule has 47 heavy (non-hydrogen) atoms. The highest BCUT2D eigenvalue weighted by molar-refractivity contribution is 7.90. The molecule has 5 aliphatic rings. The number of allylic oxidation sites excluding steroid dienone is 1. The lowest BCUT2D eigenvalue weighted by molar-refractivity contribution is -0.124. The summed E-state index contributed by atoms with van der Waals surface area (Å²) >= 11 is 6.46. The van der Waals surface area contributed by atoms with E-state index in [1.807, 2.05) is 13.0 Å². The molecular formula is C37H44ClN3O5S. The zero-order valence-electron chi connectivity index (χ0n) is 27.4. The Balaban J connectivity index is 1.40. The van der Waals surface area contributed by atoms with Crippen molar-refractivity contribution in [1.82, 2.24) is 4.72 Å². The van der Waals surface area contributed by atoms with E-state index in [0.29, 0.717) is 67.8 Å². The average Bonchev–Trinajstić information content (AvgIpc) is 3.85. The van der Waals surface area contributed by atoms with E-state index in [2.05, 4.69) is 38.8 Å². The predicted molar refractivity (Wildman–Crippen MR) is 182 cm³/mol. The third-order valence-corrected chi connectivity index (χ3v) is 13.5. The van der Waals surface area contributed by atoms with Crippen LogP contribution in [0.25, 0.3) is 4.85 Å². The quantitative estimate of drug-likeness (QED) is 0.278. The van der Waals surface area contributed by atoms with Crippen molar-refractivity contribution >= 4 is 33.2 Å². The second-order valence-electron chi connectivity index (χ2n) is 14.7. The highest BCUT2D eigenvalue weighted by atomic mass is 35.5. The number of carbonyl (C=O) groups is 1. The molecule has 8 nitrogen and oxygen atoms in total. The van der Waals surface area contributed by atoms with Gasteiger partial charge < -0.3 is 19.2 Å². The number of ether oxygens (including phenoxy) is 2. The van der Waals surface area contributed by atoms with Gasteiger partial charge in [-0.25, -0.2) is 19.7 Å². The largest absolute Gasteiger partial charge is 0.490 e. The van der Waals surface area contributed by atoms with Crippen LogP contribution in [-0.4, -0.2) is 47.2 Å². The number of carbonyl (C=O) groups excluding carboxylic acids is 1. The molecule has 0 radical (unpaired) electrons. The molecule has 250 valence electrons. The first-order valence-electron chi connectivity index (χ1n) is 17.0. The van der Waals surface area contributed by atoms with Gasteiger partial charge in [0.15, 0.2) is 0 Å². The van der Waals surface area contributed by atoms with Crippen LogP contribution in [0.5, 0.6) is 5.75 Å². The Bertz CT molecular complexity index is 1770. The molecule has 2 saturated carbocycles. The van der Waals surface area contributed by atoms with Gasteiger partial charge in [0.2, 0.25) is 5.91 Å². The minimum absolute atomic E-state index is 0.00486. The van der Waals surface area contributed by atoms with Crippen LogP contribution < -0.4 is 14.4 Å². The van der Waals surface area contributed by atoms with Crippen molar-refractivity contribution in [2.75, 3.05) is 31.7 Å². The maximum Gasteiger partial charge on any atom is 0.264 e. The fourth-order valence-corrected chi connectivity index (χ4v) is 9.95. The number of amides is 1. The van der Waals surface area contributed by atoms with Crippen molar-refractivity contribution in [2.45, 2.75) is 87.2 Å². The van der Waals surface area contributed by atoms with Crippen molar-refractivity contribution in [3.63, 3.8) is 0 Å². The number of hydrogen-bond acceptors (Lipinski definition) is 6. The number of halogens is 1. The van der Waals surface area contributed by atoms with Crippen molar-refractivity contribution in [3.8, 4) is 5.75 Å². The zero-order valence-corrected chi connectivity index (χ0v) is 29.0. The number of nitrogens with one attached hydrogen (secondary N) is 1. The minimum atomic E-state index is -4.30. The second-order valence-corrected chi connectivity index (χ2v) is 16.8. The highest BCUT2D eigenvalue weighted by Crippen LogP contribution is 2.55. The normalized spacial score (nSPS) is 33.1. The fraction of sp³-hybridized carbons (Fsp3) is 0.568. The summed E-state index contributed by atoms with van der Waals surface area (Å²) in [6.45, 7) is 13.6. The molecule has 1 amide bonds. The number of anilines is 1. The monoisotopic (exact) mass is 677 g/mol. The lowest BCUT2D eigenvalue weighted by Gasteiger charge is -2.46. The lowest BCUT2D eigenvalue weighted by Crippen LogP contribution is -2.49. The lowest BCUT2D eigenvalue weighted by atomic mass is 9.68. The smallest absolute Gasteiger partial charge is 0.264 e. The van der Waals surface area contributed by atoms with E-state index in [1.165, 1.54) is 11.1 Å². The number of fused-ring (bicyclic) bond motifs is 4. The summed E-state index contributed by atoms with van der Waals surface area (Å²) in [4.78, 5) is 19.7. The van der Waals surface area contributed by atoms with Crippen LogP contribution in [0, 0.1) is 30.2 Å². The molecule has 0 aromatic heterocycles. The molecular weight excluding hydrogens is 634 g/mol. The Hall–Kier alpha value is -3.06. The Labute approximate surface area is 283 Å². The predicted octanol–water partition coefficient (Wildman–Crippen LogP) is 6.80. The molecule has 1 spiro atoms. The Kier molecular flexibility index (Phi) is 8.38. The number of hydrogen-bond donors (Lipinski definition) is 1. The van der Waals surface area contributed by atoms with Gasteiger partial charge in [-0.15, -0.1) is 0 Å². The Morgan fingerprint density at radius 2 is 1.94 bits per heavy atom. The standard InChI is InChI=1S/C37H44ClN3O5S/c1-23-7-5-9-32(45-4)28-12-10-26(28)20-41-21-36(14-6-8-25-17-27(38)11-13-29(25)36)22-46-33-18-30(37(39-3)15-16-37)34(19-31(33)41)47(43,44)40-35(42)24(23)2/h5,9,11,13,17-19,23-24,26,28,32H,6-8,10,12,14-16,20-22H2,1-2,4H3,(H,40,42)/b9-5+/t23-,24+,26-,28+,32-,36-/m0/s1. The molecule has 2 fully saturated rings. The van der Waals surface area contributed by atoms with Crippen LogP contribution in [0.1, 0.15) is 75.5 Å². The van der Waals surface area contributed by atoms with Gasteiger partial charge in [0, 0.05) is 49.4 Å². The van der Waals surface area contributed by atoms with E-state index < -0.39 is 27.4 Å². The summed E-state index contributed by atoms with van der Waals surface area (Å²) in [5.74, 6) is 0.0863. The van der Waals surface area contributed by atoms with Crippen molar-refractivity contribution in [1.29, 1.82) is 0 Å². The third-order valence-electron chi connectivity index (χ3n) is 11.8. The highest BCUT2D eigenvalue weighted by Gasteiger charge is 2.56. The molecule has 6 atom stereocenters. The maximum atomic E-state index is 14.2. The molecule has 0 unspecified atom stereocenters. The van der Waals surface area contributed by atoms with E-state index in [0.717, 1.165) is 37.1 Å². The van der Waals surface area contributed by atoms with Crippen LogP contribution in [0.3, 0.4) is 0 Å². The van der Waals surface area contributed by atoms with Gasteiger partial charge in [-0.2, -0.15) is 0 Å². The first-order chi connectivity index (χ1) is 22.5. The molecule has 2 aliphatic heterocycles. The zero-order chi connectivity index (χ0) is 33.1. The fourth-order valence-electron chi connectivity index (χ4n) is 8.39. The van der Waals surface area contributed by atoms with Gasteiger partial charge in [0.1, 0.15) is 10.6 Å². The van der Waals surface area contributed by atoms with Crippen LogP contribution >= 0.6 is 11.6 Å². The molecule has 7 rings (SSSR count). The maximum absolute atomic E-state index is 14.2. The van der Waals surface area contributed by atoms with Gasteiger partial charge in [0.25, 0.3) is 15.6 Å². The van der Waals surface area contributed by atoms with Crippen LogP contribution in [0.15, 0.2) is 47.4 Å². The SMILES string of the molecule is [C-]#[N+]C1(c2cc3c4cc2S(=O)(=O)NC(=O)[C@H](C)[C@@H](C)C/C=C/[C@H](OC)[C@@H]2CC[C@H]2CN4C[C@@]2(CCCc4cc(Cl)ccc42)CO3)CC1. The number of methoxy groups -OCH3 is 1. The summed E-state index contributed by atoms with van der Waals surface area (Å²) in [6, 6.07) is 9.66. The van der Waals surface area contributed by atoms with E-state index >= 15 is 0 Å². The Morgan fingerprint density at radius 3 is 2.64 bits per heavy atom. The number of aryl methyl sites for hydroxylation is 1. The van der Waals surface area contributed by atoms with Gasteiger partial charge in [-0.1, -0.05) is 43.7 Å². The average molecular weight is 678 g/mol. The van der Waals surface area contributed by atoms with Crippen LogP contribution in [0.2, 0.25) is 5.02 Å². The number of benzene rings is 2. The molecule has 2 aromatic rings. The summed E-state index contributed by atoms with van der Waals surface area (Å²) in [5, 5.41) is 0.721. The molecule has 10 heteroatoms. The van der Waals surface area contributed by atoms with E-state index in [-0.39, 0.29) is 22.3 Å². The summed E-state index contributed by atoms with van der Waals surface area (Å²) in [6.07, 6.45) is 10.9. The molecule has 2 heterocycles. The number of sulfonamides is 1. The molecule has 1 N–H and O–H groups in total. The number of rotatable bonds is 2. The molecule has 2 aromatic carbocycles. The van der Waals surface area contributed by atoms with Crippen molar-refractivity contribution < 1.29 is 22.7 Å². The van der Waals surface area contributed by atoms with Crippen molar-refractivity contribution in [3.05, 3.63) is 75.6 Å². The van der Waals surface area contributed by atoms with E-state index in [1.54, 1.807) is 26.2 Å². The van der Waals surface area contributed by atoms with E-state index in [4.69, 9.17) is 27.6 Å². The van der Waals surface area contributed by atoms with Crippen molar-refractivity contribution in [2.24, 2.45) is 23.7 Å². The minimum Gasteiger partial charge on any atom is -0.490 e. The van der Waals surface area contributed by atoms with Gasteiger partial charge in [-0.05, 0) is 91.7 Å². The summed E-state index contributed by atoms with van der Waals surface area (Å²) in [5.41, 5.74) is 2.32. The topological polar surface area (TPSA) is 89.3 Å². The van der Waals surface area contributed by atoms with E-state index in [9.17, 15) is 13.2 Å². The summed E-state index contributed by atoms with van der Waals surface area (Å²) < 4.78 is 43.6. The van der Waals surface area contributed by atoms with Gasteiger partial charge in [0.05, 0.1) is 24.0 Å². The van der Waals surface area contributed by atoms with Gasteiger partial charge >= 0.3 is 0 Å². The Morgan fingerprint density at radius 1 is 1.13 bits per heavy atom. The first kappa shape index (κ1) is 32.5. The first-order valence-corrected chi connectivity index (χ1v) is 18.9.